The van der Waals surface area contributed by atoms with E-state index in [0.717, 1.165) is 52.1 Å². The molecule has 1 aromatic heterocycles. The zero-order chi connectivity index (χ0) is 14.4. The number of hydrogen-bond acceptors (Lipinski definition) is 5. The van der Waals surface area contributed by atoms with Crippen LogP contribution in [0.3, 0.4) is 0 Å². The first kappa shape index (κ1) is 14.7. The number of rotatable bonds is 5. The first-order chi connectivity index (χ1) is 9.72. The minimum absolute atomic E-state index is 0.419. The molecule has 0 atom stereocenters. The van der Waals surface area contributed by atoms with E-state index in [-0.39, 0.29) is 0 Å². The molecule has 1 aromatic rings. The van der Waals surface area contributed by atoms with Crippen LogP contribution in [0.5, 0.6) is 0 Å². The SMILES string of the molecule is NCCCN1CCCN(c2ncccc2C(N)=O)CC1. The zero-order valence-corrected chi connectivity index (χ0v) is 11.8. The Bertz CT molecular complexity index is 451. The highest BCUT2D eigenvalue weighted by Crippen LogP contribution is 2.18. The van der Waals surface area contributed by atoms with Gasteiger partial charge in [-0.15, -0.1) is 0 Å². The number of amides is 1. The molecule has 0 saturated carbocycles. The molecule has 1 aliphatic rings. The van der Waals surface area contributed by atoms with Gasteiger partial charge >= 0.3 is 0 Å². The average molecular weight is 277 g/mol. The van der Waals surface area contributed by atoms with E-state index in [9.17, 15) is 4.79 Å². The molecule has 0 unspecified atom stereocenters. The van der Waals surface area contributed by atoms with Crippen LogP contribution < -0.4 is 16.4 Å². The van der Waals surface area contributed by atoms with Crippen molar-refractivity contribution in [3.05, 3.63) is 23.9 Å². The topological polar surface area (TPSA) is 88.5 Å². The Morgan fingerprint density at radius 3 is 2.90 bits per heavy atom. The molecular weight excluding hydrogens is 254 g/mol. The average Bonchev–Trinajstić information content (AvgIpc) is 2.70. The Morgan fingerprint density at radius 2 is 2.15 bits per heavy atom. The molecule has 1 fully saturated rings. The van der Waals surface area contributed by atoms with Gasteiger partial charge in [0.05, 0.1) is 5.56 Å². The molecule has 1 saturated heterocycles. The monoisotopic (exact) mass is 277 g/mol. The third kappa shape index (κ3) is 3.68. The zero-order valence-electron chi connectivity index (χ0n) is 11.8. The van der Waals surface area contributed by atoms with Crippen LogP contribution in [0.15, 0.2) is 18.3 Å². The summed E-state index contributed by atoms with van der Waals surface area (Å²) in [6.07, 6.45) is 3.79. The Kier molecular flexibility index (Phi) is 5.31. The Labute approximate surface area is 119 Å². The highest BCUT2D eigenvalue weighted by molar-refractivity contribution is 5.97. The maximum atomic E-state index is 11.5. The van der Waals surface area contributed by atoms with Gasteiger partial charge in [0, 0.05) is 25.8 Å². The van der Waals surface area contributed by atoms with Crippen molar-refractivity contribution in [2.75, 3.05) is 44.2 Å². The summed E-state index contributed by atoms with van der Waals surface area (Å²) in [7, 11) is 0. The van der Waals surface area contributed by atoms with Crippen molar-refractivity contribution in [1.29, 1.82) is 0 Å². The molecule has 20 heavy (non-hydrogen) atoms. The van der Waals surface area contributed by atoms with E-state index in [0.29, 0.717) is 11.4 Å². The quantitative estimate of drug-likeness (QED) is 0.793. The van der Waals surface area contributed by atoms with E-state index in [1.54, 1.807) is 18.3 Å². The van der Waals surface area contributed by atoms with Gasteiger partial charge in [-0.2, -0.15) is 0 Å². The van der Waals surface area contributed by atoms with Crippen molar-refractivity contribution in [2.45, 2.75) is 12.8 Å². The fraction of sp³-hybridized carbons (Fsp3) is 0.571. The highest BCUT2D eigenvalue weighted by Gasteiger charge is 2.19. The van der Waals surface area contributed by atoms with E-state index < -0.39 is 5.91 Å². The summed E-state index contributed by atoms with van der Waals surface area (Å²) in [5.74, 6) is 0.290. The van der Waals surface area contributed by atoms with Gasteiger partial charge in [0.15, 0.2) is 0 Å². The maximum absolute atomic E-state index is 11.5. The third-order valence-electron chi connectivity index (χ3n) is 3.62. The van der Waals surface area contributed by atoms with Crippen LogP contribution in [0.2, 0.25) is 0 Å². The van der Waals surface area contributed by atoms with Gasteiger partial charge in [-0.05, 0) is 44.6 Å². The number of primary amides is 1. The second-order valence-corrected chi connectivity index (χ2v) is 5.06. The molecule has 0 aliphatic carbocycles. The molecule has 0 spiro atoms. The molecule has 2 heterocycles. The molecule has 0 radical (unpaired) electrons. The van der Waals surface area contributed by atoms with Gasteiger partial charge in [0.1, 0.15) is 5.82 Å². The van der Waals surface area contributed by atoms with Crippen LogP contribution in [0.4, 0.5) is 5.82 Å². The lowest BCUT2D eigenvalue weighted by Gasteiger charge is -2.24. The van der Waals surface area contributed by atoms with Gasteiger partial charge in [0.25, 0.3) is 5.91 Å². The van der Waals surface area contributed by atoms with Crippen molar-refractivity contribution in [3.8, 4) is 0 Å². The Balaban J connectivity index is 2.05. The van der Waals surface area contributed by atoms with E-state index in [1.165, 1.54) is 0 Å². The van der Waals surface area contributed by atoms with Gasteiger partial charge in [-0.25, -0.2) is 4.98 Å². The van der Waals surface area contributed by atoms with Crippen LogP contribution in [0, 0.1) is 0 Å². The summed E-state index contributed by atoms with van der Waals surface area (Å²) in [4.78, 5) is 20.4. The van der Waals surface area contributed by atoms with Crippen molar-refractivity contribution < 1.29 is 4.79 Å². The number of nitrogens with two attached hydrogens (primary N) is 2. The fourth-order valence-electron chi connectivity index (χ4n) is 2.56. The fourth-order valence-corrected chi connectivity index (χ4v) is 2.56. The number of anilines is 1. The summed E-state index contributed by atoms with van der Waals surface area (Å²) in [5, 5.41) is 0. The van der Waals surface area contributed by atoms with E-state index in [1.807, 2.05) is 0 Å². The predicted molar refractivity (Wildman–Crippen MR) is 79.7 cm³/mol. The molecule has 6 heteroatoms. The van der Waals surface area contributed by atoms with Gasteiger partial charge in [-0.1, -0.05) is 0 Å². The van der Waals surface area contributed by atoms with E-state index >= 15 is 0 Å². The molecule has 1 aliphatic heterocycles. The van der Waals surface area contributed by atoms with Crippen molar-refractivity contribution in [1.82, 2.24) is 9.88 Å². The van der Waals surface area contributed by atoms with Crippen LogP contribution in [-0.4, -0.2) is 55.1 Å². The largest absolute Gasteiger partial charge is 0.365 e. The molecule has 110 valence electrons. The van der Waals surface area contributed by atoms with Crippen LogP contribution in [-0.2, 0) is 0 Å². The molecule has 0 aromatic carbocycles. The minimum Gasteiger partial charge on any atom is -0.365 e. The van der Waals surface area contributed by atoms with Crippen molar-refractivity contribution in [2.24, 2.45) is 11.5 Å². The smallest absolute Gasteiger partial charge is 0.252 e. The number of aromatic nitrogens is 1. The summed E-state index contributed by atoms with van der Waals surface area (Å²) in [6, 6.07) is 3.48. The van der Waals surface area contributed by atoms with Crippen LogP contribution in [0.1, 0.15) is 23.2 Å². The predicted octanol–water partition coefficient (Wildman–Crippen LogP) is 0.0414. The molecule has 6 nitrogen and oxygen atoms in total. The van der Waals surface area contributed by atoms with Gasteiger partial charge in [0.2, 0.25) is 0 Å². The minimum atomic E-state index is -0.419. The van der Waals surface area contributed by atoms with E-state index in [4.69, 9.17) is 11.5 Å². The lowest BCUT2D eigenvalue weighted by molar-refractivity contribution is 0.100. The number of pyridine rings is 1. The molecule has 4 N–H and O–H groups in total. The number of nitrogens with zero attached hydrogens (tertiary/aromatic N) is 3. The van der Waals surface area contributed by atoms with Crippen molar-refractivity contribution in [3.63, 3.8) is 0 Å². The number of hydrogen-bond donors (Lipinski definition) is 2. The van der Waals surface area contributed by atoms with Crippen LogP contribution in [0.25, 0.3) is 0 Å². The number of carbonyl (C=O) groups is 1. The molecule has 1 amide bonds. The molecule has 2 rings (SSSR count). The summed E-state index contributed by atoms with van der Waals surface area (Å²) < 4.78 is 0. The lowest BCUT2D eigenvalue weighted by atomic mass is 10.2. The number of carbonyl (C=O) groups excluding carboxylic acids is 1. The Hall–Kier alpha value is -1.66. The molecule has 0 bridgehead atoms. The summed E-state index contributed by atoms with van der Waals surface area (Å²) >= 11 is 0. The Morgan fingerprint density at radius 1 is 1.30 bits per heavy atom. The second-order valence-electron chi connectivity index (χ2n) is 5.06. The highest BCUT2D eigenvalue weighted by atomic mass is 16.1. The normalized spacial score (nSPS) is 16.9. The molecular formula is C14H23N5O. The summed E-state index contributed by atoms with van der Waals surface area (Å²) in [5.41, 5.74) is 11.5. The maximum Gasteiger partial charge on any atom is 0.252 e. The van der Waals surface area contributed by atoms with E-state index in [2.05, 4.69) is 14.8 Å². The van der Waals surface area contributed by atoms with Gasteiger partial charge < -0.3 is 21.3 Å². The third-order valence-corrected chi connectivity index (χ3v) is 3.62. The standard InChI is InChI=1S/C14H23N5O/c15-5-2-7-18-8-3-9-19(11-10-18)14-12(13(16)20)4-1-6-17-14/h1,4,6H,2-3,5,7-11,15H2,(H2,16,20). The summed E-state index contributed by atoms with van der Waals surface area (Å²) in [6.45, 7) is 5.56. The van der Waals surface area contributed by atoms with Gasteiger partial charge in [-0.3, -0.25) is 4.79 Å². The first-order valence-corrected chi connectivity index (χ1v) is 7.14. The second kappa shape index (κ2) is 7.21. The first-order valence-electron chi connectivity index (χ1n) is 7.14. The van der Waals surface area contributed by atoms with Crippen LogP contribution >= 0.6 is 0 Å². The van der Waals surface area contributed by atoms with Crippen molar-refractivity contribution >= 4 is 11.7 Å². The lowest BCUT2D eigenvalue weighted by Crippen LogP contribution is -2.33.